The van der Waals surface area contributed by atoms with Gasteiger partial charge in [0.2, 0.25) is 0 Å². The van der Waals surface area contributed by atoms with E-state index in [9.17, 15) is 4.39 Å². The highest BCUT2D eigenvalue weighted by atomic mass is 35.5. The van der Waals surface area contributed by atoms with E-state index in [0.29, 0.717) is 27.9 Å². The summed E-state index contributed by atoms with van der Waals surface area (Å²) in [4.78, 5) is 3.91. The molecule has 21 heavy (non-hydrogen) atoms. The van der Waals surface area contributed by atoms with Crippen LogP contribution >= 0.6 is 23.2 Å². The summed E-state index contributed by atoms with van der Waals surface area (Å²) in [5, 5.41) is 3.90. The number of halogens is 3. The standard InChI is InChI=1S/C15H15Cl2FN2O/c1-9(2)20-8-10-5-6-19-15(14(10)18)21-11-3-4-12(16)13(17)7-11/h3-7,9,20H,8H2,1-2H3. The summed E-state index contributed by atoms with van der Waals surface area (Å²) in [6, 6.07) is 6.59. The molecule has 1 heterocycles. The van der Waals surface area contributed by atoms with Crippen LogP contribution in [0.2, 0.25) is 10.0 Å². The first-order valence-electron chi connectivity index (χ1n) is 6.47. The zero-order chi connectivity index (χ0) is 15.4. The summed E-state index contributed by atoms with van der Waals surface area (Å²) in [7, 11) is 0. The molecule has 6 heteroatoms. The predicted octanol–water partition coefficient (Wildman–Crippen LogP) is 4.82. The number of benzene rings is 1. The summed E-state index contributed by atoms with van der Waals surface area (Å²) < 4.78 is 19.7. The molecular weight excluding hydrogens is 314 g/mol. The SMILES string of the molecule is CC(C)NCc1ccnc(Oc2ccc(Cl)c(Cl)c2)c1F. The van der Waals surface area contributed by atoms with Crippen LogP contribution < -0.4 is 10.1 Å². The highest BCUT2D eigenvalue weighted by Crippen LogP contribution is 2.30. The molecule has 0 amide bonds. The van der Waals surface area contributed by atoms with Crippen LogP contribution in [0.5, 0.6) is 11.6 Å². The van der Waals surface area contributed by atoms with Crippen molar-refractivity contribution in [2.45, 2.75) is 26.4 Å². The van der Waals surface area contributed by atoms with E-state index in [0.717, 1.165) is 0 Å². The Labute approximate surface area is 133 Å². The van der Waals surface area contributed by atoms with Crippen LogP contribution in [0.15, 0.2) is 30.5 Å². The molecule has 1 N–H and O–H groups in total. The van der Waals surface area contributed by atoms with E-state index in [1.54, 1.807) is 18.2 Å². The molecule has 1 aromatic carbocycles. The van der Waals surface area contributed by atoms with E-state index in [4.69, 9.17) is 27.9 Å². The first kappa shape index (κ1) is 16.0. The van der Waals surface area contributed by atoms with E-state index in [1.165, 1.54) is 12.3 Å². The predicted molar refractivity (Wildman–Crippen MR) is 82.7 cm³/mol. The Morgan fingerprint density at radius 1 is 1.24 bits per heavy atom. The second-order valence-electron chi connectivity index (χ2n) is 4.80. The van der Waals surface area contributed by atoms with Gasteiger partial charge in [-0.2, -0.15) is 0 Å². The second-order valence-corrected chi connectivity index (χ2v) is 5.62. The Morgan fingerprint density at radius 3 is 2.67 bits per heavy atom. The van der Waals surface area contributed by atoms with Gasteiger partial charge in [0, 0.05) is 30.4 Å². The van der Waals surface area contributed by atoms with E-state index in [1.807, 2.05) is 13.8 Å². The lowest BCUT2D eigenvalue weighted by Gasteiger charge is -2.11. The van der Waals surface area contributed by atoms with Gasteiger partial charge in [-0.25, -0.2) is 9.37 Å². The molecule has 0 aliphatic heterocycles. The van der Waals surface area contributed by atoms with Crippen molar-refractivity contribution in [3.8, 4) is 11.6 Å². The molecule has 3 nitrogen and oxygen atoms in total. The van der Waals surface area contributed by atoms with E-state index in [2.05, 4.69) is 10.3 Å². The molecule has 0 unspecified atom stereocenters. The molecule has 2 rings (SSSR count). The zero-order valence-electron chi connectivity index (χ0n) is 11.7. The first-order valence-corrected chi connectivity index (χ1v) is 7.22. The number of ether oxygens (including phenoxy) is 1. The van der Waals surface area contributed by atoms with Crippen LogP contribution in [0.25, 0.3) is 0 Å². The largest absolute Gasteiger partial charge is 0.436 e. The van der Waals surface area contributed by atoms with Crippen LogP contribution in [0.4, 0.5) is 4.39 Å². The average molecular weight is 329 g/mol. The van der Waals surface area contributed by atoms with Gasteiger partial charge in [0.25, 0.3) is 5.88 Å². The molecule has 112 valence electrons. The zero-order valence-corrected chi connectivity index (χ0v) is 13.2. The number of hydrogen-bond donors (Lipinski definition) is 1. The van der Waals surface area contributed by atoms with Crippen molar-refractivity contribution in [1.29, 1.82) is 0 Å². The van der Waals surface area contributed by atoms with Crippen molar-refractivity contribution in [1.82, 2.24) is 10.3 Å². The minimum Gasteiger partial charge on any atom is -0.436 e. The van der Waals surface area contributed by atoms with E-state index < -0.39 is 5.82 Å². The fraction of sp³-hybridized carbons (Fsp3) is 0.267. The third-order valence-electron chi connectivity index (χ3n) is 2.74. The molecule has 0 bridgehead atoms. The molecule has 0 aliphatic carbocycles. The summed E-state index contributed by atoms with van der Waals surface area (Å²) in [6.07, 6.45) is 1.51. The normalized spacial score (nSPS) is 11.0. The van der Waals surface area contributed by atoms with Crippen molar-refractivity contribution in [3.05, 3.63) is 51.9 Å². The van der Waals surface area contributed by atoms with Crippen molar-refractivity contribution in [2.24, 2.45) is 0 Å². The van der Waals surface area contributed by atoms with Crippen molar-refractivity contribution < 1.29 is 9.13 Å². The number of pyridine rings is 1. The average Bonchev–Trinajstić information content (AvgIpc) is 2.43. The van der Waals surface area contributed by atoms with Crippen molar-refractivity contribution in [2.75, 3.05) is 0 Å². The van der Waals surface area contributed by atoms with Gasteiger partial charge >= 0.3 is 0 Å². The topological polar surface area (TPSA) is 34.2 Å². The Kier molecular flexibility index (Phi) is 5.39. The van der Waals surface area contributed by atoms with Crippen molar-refractivity contribution in [3.63, 3.8) is 0 Å². The minimum atomic E-state index is -0.489. The van der Waals surface area contributed by atoms with Crippen LogP contribution in [-0.4, -0.2) is 11.0 Å². The van der Waals surface area contributed by atoms with Gasteiger partial charge in [0.05, 0.1) is 10.0 Å². The Hall–Kier alpha value is -1.36. The Morgan fingerprint density at radius 2 is 2.00 bits per heavy atom. The minimum absolute atomic E-state index is 0.0866. The Balaban J connectivity index is 2.19. The fourth-order valence-corrected chi connectivity index (χ4v) is 1.92. The van der Waals surface area contributed by atoms with Crippen LogP contribution in [0.3, 0.4) is 0 Å². The molecule has 0 atom stereocenters. The summed E-state index contributed by atoms with van der Waals surface area (Å²) in [5.41, 5.74) is 0.494. The number of rotatable bonds is 5. The molecular formula is C15H15Cl2FN2O. The van der Waals surface area contributed by atoms with Crippen molar-refractivity contribution >= 4 is 23.2 Å². The second kappa shape index (κ2) is 7.07. The highest BCUT2D eigenvalue weighted by molar-refractivity contribution is 6.42. The van der Waals surface area contributed by atoms with Gasteiger partial charge in [0.1, 0.15) is 5.75 Å². The molecule has 1 aromatic heterocycles. The number of hydrogen-bond acceptors (Lipinski definition) is 3. The Bertz CT molecular complexity index is 635. The summed E-state index contributed by atoms with van der Waals surface area (Å²) >= 11 is 11.7. The molecule has 2 aromatic rings. The maximum atomic E-state index is 14.3. The molecule has 0 radical (unpaired) electrons. The van der Waals surface area contributed by atoms with Crippen LogP contribution in [0.1, 0.15) is 19.4 Å². The lowest BCUT2D eigenvalue weighted by molar-refractivity contribution is 0.416. The maximum absolute atomic E-state index is 14.3. The summed E-state index contributed by atoms with van der Waals surface area (Å²) in [5.74, 6) is -0.196. The van der Waals surface area contributed by atoms with E-state index >= 15 is 0 Å². The number of nitrogens with one attached hydrogen (secondary N) is 1. The van der Waals surface area contributed by atoms with E-state index in [-0.39, 0.29) is 11.9 Å². The number of nitrogens with zero attached hydrogens (tertiary/aromatic N) is 1. The first-order chi connectivity index (χ1) is 9.97. The molecule has 0 spiro atoms. The van der Waals surface area contributed by atoms with Crippen LogP contribution in [0, 0.1) is 5.82 Å². The lowest BCUT2D eigenvalue weighted by atomic mass is 10.2. The monoisotopic (exact) mass is 328 g/mol. The third kappa shape index (κ3) is 4.30. The molecule has 0 aliphatic rings. The third-order valence-corrected chi connectivity index (χ3v) is 3.48. The maximum Gasteiger partial charge on any atom is 0.256 e. The lowest BCUT2D eigenvalue weighted by Crippen LogP contribution is -2.22. The van der Waals surface area contributed by atoms with Gasteiger partial charge in [0.15, 0.2) is 5.82 Å². The van der Waals surface area contributed by atoms with Gasteiger partial charge in [-0.1, -0.05) is 37.0 Å². The molecule has 0 fully saturated rings. The van der Waals surface area contributed by atoms with Gasteiger partial charge in [-0.3, -0.25) is 0 Å². The quantitative estimate of drug-likeness (QED) is 0.854. The molecule has 0 saturated carbocycles. The summed E-state index contributed by atoms with van der Waals surface area (Å²) in [6.45, 7) is 4.39. The van der Waals surface area contributed by atoms with Gasteiger partial charge in [-0.15, -0.1) is 0 Å². The fourth-order valence-electron chi connectivity index (χ4n) is 1.64. The van der Waals surface area contributed by atoms with Gasteiger partial charge < -0.3 is 10.1 Å². The smallest absolute Gasteiger partial charge is 0.256 e. The number of aromatic nitrogens is 1. The molecule has 0 saturated heterocycles. The highest BCUT2D eigenvalue weighted by Gasteiger charge is 2.12. The van der Waals surface area contributed by atoms with Gasteiger partial charge in [-0.05, 0) is 18.2 Å². The van der Waals surface area contributed by atoms with Crippen LogP contribution in [-0.2, 0) is 6.54 Å².